The van der Waals surface area contributed by atoms with E-state index in [1.54, 1.807) is 19.7 Å². The summed E-state index contributed by atoms with van der Waals surface area (Å²) < 4.78 is 1.81. The summed E-state index contributed by atoms with van der Waals surface area (Å²) in [6.45, 7) is 2.00. The summed E-state index contributed by atoms with van der Waals surface area (Å²) in [5, 5.41) is 7.60. The first-order chi connectivity index (χ1) is 15.2. The van der Waals surface area contributed by atoms with Crippen LogP contribution in [0.5, 0.6) is 0 Å². The van der Waals surface area contributed by atoms with Crippen molar-refractivity contribution in [2.75, 3.05) is 14.1 Å². The Morgan fingerprint density at radius 2 is 1.94 bits per heavy atom. The predicted octanol–water partition coefficient (Wildman–Crippen LogP) is 3.54. The fourth-order valence-corrected chi connectivity index (χ4v) is 3.41. The van der Waals surface area contributed by atoms with E-state index in [0.29, 0.717) is 19.6 Å². The quantitative estimate of drug-likeness (QED) is 0.212. The molecule has 166 valence electrons. The van der Waals surface area contributed by atoms with Crippen LogP contribution in [0, 0.1) is 0 Å². The Kier molecular flexibility index (Phi) is 8.37. The minimum absolute atomic E-state index is 0. The number of nitrogens with one attached hydrogen (secondary N) is 2. The van der Waals surface area contributed by atoms with Gasteiger partial charge in [0.15, 0.2) is 5.96 Å². The van der Waals surface area contributed by atoms with Crippen molar-refractivity contribution < 1.29 is 0 Å². The summed E-state index contributed by atoms with van der Waals surface area (Å²) in [6.07, 6.45) is 5.14. The summed E-state index contributed by atoms with van der Waals surface area (Å²) in [7, 11) is 3.79. The van der Waals surface area contributed by atoms with Crippen LogP contribution < -0.4 is 5.32 Å². The van der Waals surface area contributed by atoms with Gasteiger partial charge in [-0.15, -0.1) is 24.0 Å². The molecule has 2 heterocycles. The lowest BCUT2D eigenvalue weighted by Crippen LogP contribution is -2.38. The summed E-state index contributed by atoms with van der Waals surface area (Å²) >= 11 is 0. The summed E-state index contributed by atoms with van der Waals surface area (Å²) in [4.78, 5) is 18.4. The smallest absolute Gasteiger partial charge is 0.194 e. The number of imidazole rings is 1. The van der Waals surface area contributed by atoms with Crippen molar-refractivity contribution in [1.29, 1.82) is 0 Å². The number of hydrogen-bond acceptors (Lipinski definition) is 4. The molecule has 0 spiro atoms. The first-order valence-corrected chi connectivity index (χ1v) is 10.1. The Balaban J connectivity index is 0.00000289. The summed E-state index contributed by atoms with van der Waals surface area (Å²) in [5.74, 6) is 1.69. The molecule has 0 aliphatic heterocycles. The molecule has 0 aliphatic carbocycles. The van der Waals surface area contributed by atoms with E-state index >= 15 is 0 Å². The molecule has 0 amide bonds. The van der Waals surface area contributed by atoms with E-state index in [1.165, 1.54) is 11.1 Å². The molecule has 0 saturated carbocycles. The second-order valence-electron chi connectivity index (χ2n) is 7.28. The van der Waals surface area contributed by atoms with Gasteiger partial charge in [0.2, 0.25) is 0 Å². The fourth-order valence-electron chi connectivity index (χ4n) is 3.41. The predicted molar refractivity (Wildman–Crippen MR) is 137 cm³/mol. The number of guanidine groups is 1. The van der Waals surface area contributed by atoms with Crippen LogP contribution in [0.25, 0.3) is 11.3 Å². The molecular formula is C23H27IN8. The van der Waals surface area contributed by atoms with Gasteiger partial charge in [-0.05, 0) is 16.7 Å². The lowest BCUT2D eigenvalue weighted by Gasteiger charge is -2.21. The van der Waals surface area contributed by atoms with Crippen molar-refractivity contribution in [2.24, 2.45) is 4.99 Å². The third-order valence-electron chi connectivity index (χ3n) is 4.93. The molecule has 4 rings (SSSR count). The molecular weight excluding hydrogens is 515 g/mol. The third kappa shape index (κ3) is 6.16. The minimum atomic E-state index is 0. The lowest BCUT2D eigenvalue weighted by atomic mass is 10.1. The lowest BCUT2D eigenvalue weighted by molar-refractivity contribution is 0.464. The van der Waals surface area contributed by atoms with Crippen molar-refractivity contribution in [3.8, 4) is 11.3 Å². The van der Waals surface area contributed by atoms with E-state index in [2.05, 4.69) is 66.8 Å². The van der Waals surface area contributed by atoms with Gasteiger partial charge in [0.1, 0.15) is 18.5 Å². The van der Waals surface area contributed by atoms with E-state index in [4.69, 9.17) is 0 Å². The molecule has 2 N–H and O–H groups in total. The van der Waals surface area contributed by atoms with Gasteiger partial charge in [0, 0.05) is 20.6 Å². The Bertz CT molecular complexity index is 1120. The maximum atomic E-state index is 4.52. The number of aromatic nitrogens is 5. The van der Waals surface area contributed by atoms with Crippen LogP contribution in [0.3, 0.4) is 0 Å². The van der Waals surface area contributed by atoms with Gasteiger partial charge in [-0.1, -0.05) is 54.6 Å². The van der Waals surface area contributed by atoms with E-state index in [0.717, 1.165) is 23.0 Å². The van der Waals surface area contributed by atoms with Crippen LogP contribution in [-0.4, -0.2) is 49.7 Å². The molecule has 2 aromatic heterocycles. The van der Waals surface area contributed by atoms with E-state index in [9.17, 15) is 0 Å². The Morgan fingerprint density at radius 3 is 2.69 bits per heavy atom. The highest BCUT2D eigenvalue weighted by atomic mass is 127. The molecule has 0 bridgehead atoms. The van der Waals surface area contributed by atoms with Crippen LogP contribution in [0.2, 0.25) is 0 Å². The van der Waals surface area contributed by atoms with Gasteiger partial charge >= 0.3 is 0 Å². The number of hydrogen-bond donors (Lipinski definition) is 2. The molecule has 0 aliphatic rings. The van der Waals surface area contributed by atoms with Crippen LogP contribution in [0.15, 0.2) is 78.4 Å². The minimum Gasteiger partial charge on any atom is -0.352 e. The number of nitrogens with zero attached hydrogens (tertiary/aromatic N) is 6. The van der Waals surface area contributed by atoms with Crippen LogP contribution >= 0.6 is 24.0 Å². The molecule has 0 atom stereocenters. The molecule has 0 fully saturated rings. The Labute approximate surface area is 204 Å². The molecule has 9 heteroatoms. The normalized spacial score (nSPS) is 11.1. The highest BCUT2D eigenvalue weighted by Crippen LogP contribution is 2.16. The number of aromatic amines is 1. The van der Waals surface area contributed by atoms with E-state index < -0.39 is 0 Å². The Morgan fingerprint density at radius 1 is 1.12 bits per heavy atom. The first kappa shape index (κ1) is 23.5. The average Bonchev–Trinajstić information content (AvgIpc) is 3.47. The maximum absolute atomic E-state index is 4.52. The van der Waals surface area contributed by atoms with Crippen molar-refractivity contribution in [3.05, 3.63) is 90.4 Å². The number of rotatable bonds is 7. The summed E-state index contributed by atoms with van der Waals surface area (Å²) in [6, 6.07) is 18.6. The van der Waals surface area contributed by atoms with Crippen molar-refractivity contribution in [2.45, 2.75) is 19.6 Å². The third-order valence-corrected chi connectivity index (χ3v) is 4.93. The highest BCUT2D eigenvalue weighted by Gasteiger charge is 2.10. The van der Waals surface area contributed by atoms with Crippen molar-refractivity contribution in [3.63, 3.8) is 0 Å². The zero-order valence-corrected chi connectivity index (χ0v) is 20.5. The van der Waals surface area contributed by atoms with Gasteiger partial charge in [0.25, 0.3) is 0 Å². The largest absolute Gasteiger partial charge is 0.352 e. The highest BCUT2D eigenvalue weighted by molar-refractivity contribution is 14.0. The van der Waals surface area contributed by atoms with Gasteiger partial charge in [-0.25, -0.2) is 14.6 Å². The molecule has 0 saturated heterocycles. The molecule has 2 aromatic carbocycles. The van der Waals surface area contributed by atoms with E-state index in [1.807, 2.05) is 41.0 Å². The molecule has 8 nitrogen and oxygen atoms in total. The zero-order valence-electron chi connectivity index (χ0n) is 18.1. The monoisotopic (exact) mass is 542 g/mol. The van der Waals surface area contributed by atoms with E-state index in [-0.39, 0.29) is 24.0 Å². The van der Waals surface area contributed by atoms with Gasteiger partial charge in [-0.3, -0.25) is 4.99 Å². The van der Waals surface area contributed by atoms with Crippen LogP contribution in [-0.2, 0) is 19.6 Å². The molecule has 4 aromatic rings. The van der Waals surface area contributed by atoms with Crippen molar-refractivity contribution in [1.82, 2.24) is 34.9 Å². The van der Waals surface area contributed by atoms with Crippen molar-refractivity contribution >= 4 is 29.9 Å². The number of benzene rings is 2. The number of halogens is 1. The molecule has 32 heavy (non-hydrogen) atoms. The second kappa shape index (κ2) is 11.4. The molecule has 0 unspecified atom stereocenters. The maximum Gasteiger partial charge on any atom is 0.194 e. The number of aliphatic imine (C=N–C) groups is 1. The van der Waals surface area contributed by atoms with Gasteiger partial charge in [-0.2, -0.15) is 5.10 Å². The summed E-state index contributed by atoms with van der Waals surface area (Å²) in [5.41, 5.74) is 4.49. The first-order valence-electron chi connectivity index (χ1n) is 10.1. The fraction of sp³-hybridized carbons (Fsp3) is 0.217. The second-order valence-corrected chi connectivity index (χ2v) is 7.28. The van der Waals surface area contributed by atoms with Gasteiger partial charge in [0.05, 0.1) is 25.0 Å². The molecule has 0 radical (unpaired) electrons. The zero-order chi connectivity index (χ0) is 21.5. The SMILES string of the molecule is CN=C(NCc1cccc(Cn2cncn2)c1)N(C)Cc1ncc(-c2ccccc2)[nH]1.I. The topological polar surface area (TPSA) is 87.0 Å². The average molecular weight is 542 g/mol. The van der Waals surface area contributed by atoms with Crippen LogP contribution in [0.4, 0.5) is 0 Å². The van der Waals surface area contributed by atoms with Gasteiger partial charge < -0.3 is 15.2 Å². The van der Waals surface area contributed by atoms with Crippen LogP contribution in [0.1, 0.15) is 17.0 Å². The number of H-pyrrole nitrogens is 1. The standard InChI is InChI=1S/C23H26N8.HI/c1-24-23(27-12-18-7-6-8-19(11-18)14-31-17-25-16-28-31)30(2)15-22-26-13-21(29-22)20-9-4-3-5-10-20;/h3-11,13,16-17H,12,14-15H2,1-2H3,(H,24,27)(H,26,29);1H. The Hall–Kier alpha value is -3.21.